The topological polar surface area (TPSA) is 64.6 Å². The monoisotopic (exact) mass is 394 g/mol. The van der Waals surface area contributed by atoms with E-state index in [1.54, 1.807) is 4.90 Å². The lowest BCUT2D eigenvalue weighted by atomic mass is 10.0. The molecule has 1 saturated heterocycles. The predicted octanol–water partition coefficient (Wildman–Crippen LogP) is 3.85. The molecule has 0 saturated carbocycles. The second-order valence-corrected chi connectivity index (χ2v) is 8.06. The predicted molar refractivity (Wildman–Crippen MR) is 115 cm³/mol. The quantitative estimate of drug-likeness (QED) is 0.834. The molecule has 154 valence electrons. The largest absolute Gasteiger partial charge is 0.351 e. The Kier molecular flexibility index (Phi) is 5.67. The van der Waals surface area contributed by atoms with Crippen LogP contribution in [0.15, 0.2) is 36.5 Å². The van der Waals surface area contributed by atoms with Gasteiger partial charge in [-0.1, -0.05) is 18.2 Å². The highest BCUT2D eigenvalue weighted by Crippen LogP contribution is 2.33. The normalized spacial score (nSPS) is 18.3. The van der Waals surface area contributed by atoms with E-state index in [1.165, 1.54) is 0 Å². The van der Waals surface area contributed by atoms with Gasteiger partial charge in [-0.15, -0.1) is 0 Å². The molecule has 4 rings (SSSR count). The van der Waals surface area contributed by atoms with E-state index in [0.717, 1.165) is 37.2 Å². The number of nitrogens with one attached hydrogen (secondary N) is 1. The molecular formula is C22H30N6O. The molecule has 1 aromatic heterocycles. The number of piperidine rings is 1. The zero-order chi connectivity index (χ0) is 20.4. The van der Waals surface area contributed by atoms with E-state index in [2.05, 4.69) is 29.0 Å². The number of para-hydroxylation sites is 1. The molecule has 1 aromatic carbocycles. The van der Waals surface area contributed by atoms with Crippen molar-refractivity contribution < 1.29 is 4.79 Å². The van der Waals surface area contributed by atoms with Gasteiger partial charge in [-0.2, -0.15) is 4.98 Å². The molecule has 0 bridgehead atoms. The van der Waals surface area contributed by atoms with E-state index >= 15 is 0 Å². The zero-order valence-corrected chi connectivity index (χ0v) is 17.5. The molecule has 1 N–H and O–H groups in total. The van der Waals surface area contributed by atoms with Crippen LogP contribution in [-0.4, -0.2) is 57.5 Å². The van der Waals surface area contributed by atoms with Crippen molar-refractivity contribution in [2.24, 2.45) is 0 Å². The summed E-state index contributed by atoms with van der Waals surface area (Å²) in [6.45, 7) is 9.84. The van der Waals surface area contributed by atoms with Crippen LogP contribution in [0.3, 0.4) is 0 Å². The van der Waals surface area contributed by atoms with Crippen molar-refractivity contribution in [1.29, 1.82) is 0 Å². The van der Waals surface area contributed by atoms with Crippen LogP contribution in [0.5, 0.6) is 0 Å². The second kappa shape index (κ2) is 8.37. The molecule has 0 atom stereocenters. The Bertz CT molecular complexity index is 848. The first kappa shape index (κ1) is 19.6. The van der Waals surface area contributed by atoms with Gasteiger partial charge in [-0.3, -0.25) is 0 Å². The van der Waals surface area contributed by atoms with E-state index < -0.39 is 0 Å². The van der Waals surface area contributed by atoms with E-state index in [1.807, 2.05) is 48.4 Å². The average molecular weight is 395 g/mol. The van der Waals surface area contributed by atoms with E-state index in [0.29, 0.717) is 36.9 Å². The first-order valence-corrected chi connectivity index (χ1v) is 10.6. The molecule has 1 fully saturated rings. The lowest BCUT2D eigenvalue weighted by Gasteiger charge is -2.36. The summed E-state index contributed by atoms with van der Waals surface area (Å²) >= 11 is 0. The van der Waals surface area contributed by atoms with Crippen LogP contribution in [-0.2, 0) is 6.54 Å². The molecule has 3 heterocycles. The fourth-order valence-corrected chi connectivity index (χ4v) is 4.08. The van der Waals surface area contributed by atoms with Crippen molar-refractivity contribution in [3.63, 3.8) is 0 Å². The number of hydrogen-bond acceptors (Lipinski definition) is 5. The number of rotatable bonds is 5. The standard InChI is InChI=1S/C22H30N6O/c1-4-26-15-17-14-23-21(24-18-10-12-27(13-11-18)16(2)3)25-20(17)28(22(26)29)19-8-6-5-7-9-19/h5-9,14,16,18H,4,10-13,15H2,1-3H3,(H,23,24,25). The third-order valence-corrected chi connectivity index (χ3v) is 5.87. The van der Waals surface area contributed by atoms with Gasteiger partial charge in [-0.25, -0.2) is 14.7 Å². The summed E-state index contributed by atoms with van der Waals surface area (Å²) in [6, 6.07) is 10.6. The van der Waals surface area contributed by atoms with Gasteiger partial charge < -0.3 is 15.1 Å². The minimum atomic E-state index is -0.0407. The maximum absolute atomic E-state index is 13.1. The SMILES string of the molecule is CCN1Cc2cnc(NC3CCN(C(C)C)CC3)nc2N(c2ccccc2)C1=O. The van der Waals surface area contributed by atoms with Gasteiger partial charge in [0.05, 0.1) is 12.2 Å². The molecule has 0 aliphatic carbocycles. The summed E-state index contributed by atoms with van der Waals surface area (Å²) in [5.74, 6) is 1.29. The maximum Gasteiger partial charge on any atom is 0.330 e. The number of carbonyl (C=O) groups excluding carboxylic acids is 1. The number of urea groups is 1. The first-order valence-electron chi connectivity index (χ1n) is 10.6. The van der Waals surface area contributed by atoms with Crippen molar-refractivity contribution in [1.82, 2.24) is 19.8 Å². The zero-order valence-electron chi connectivity index (χ0n) is 17.5. The van der Waals surface area contributed by atoms with Crippen LogP contribution < -0.4 is 10.2 Å². The van der Waals surface area contributed by atoms with Crippen LogP contribution in [0, 0.1) is 0 Å². The molecule has 7 nitrogen and oxygen atoms in total. The number of aromatic nitrogens is 2. The number of fused-ring (bicyclic) bond motifs is 1. The van der Waals surface area contributed by atoms with Crippen LogP contribution in [0.4, 0.5) is 22.2 Å². The summed E-state index contributed by atoms with van der Waals surface area (Å²) in [4.78, 5) is 28.4. The molecule has 2 amide bonds. The third-order valence-electron chi connectivity index (χ3n) is 5.87. The highest BCUT2D eigenvalue weighted by molar-refractivity contribution is 6.00. The van der Waals surface area contributed by atoms with Crippen molar-refractivity contribution in [2.45, 2.75) is 52.2 Å². The Morgan fingerprint density at radius 1 is 1.17 bits per heavy atom. The Hall–Kier alpha value is -2.67. The average Bonchev–Trinajstić information content (AvgIpc) is 2.74. The Morgan fingerprint density at radius 3 is 2.55 bits per heavy atom. The number of likely N-dealkylation sites (tertiary alicyclic amines) is 1. The second-order valence-electron chi connectivity index (χ2n) is 8.06. The molecule has 0 unspecified atom stereocenters. The smallest absolute Gasteiger partial charge is 0.330 e. The lowest BCUT2D eigenvalue weighted by Crippen LogP contribution is -2.45. The van der Waals surface area contributed by atoms with E-state index in [-0.39, 0.29) is 6.03 Å². The fraction of sp³-hybridized carbons (Fsp3) is 0.500. The van der Waals surface area contributed by atoms with Crippen molar-refractivity contribution in [3.05, 3.63) is 42.1 Å². The fourth-order valence-electron chi connectivity index (χ4n) is 4.08. The number of carbonyl (C=O) groups is 1. The van der Waals surface area contributed by atoms with Gasteiger partial charge in [0.1, 0.15) is 0 Å². The summed E-state index contributed by atoms with van der Waals surface area (Å²) in [5, 5.41) is 3.50. The van der Waals surface area contributed by atoms with Crippen LogP contribution in [0.1, 0.15) is 39.2 Å². The Labute approximate surface area is 172 Å². The minimum Gasteiger partial charge on any atom is -0.351 e. The Balaban J connectivity index is 1.58. The summed E-state index contributed by atoms with van der Waals surface area (Å²) in [7, 11) is 0. The van der Waals surface area contributed by atoms with E-state index in [4.69, 9.17) is 4.98 Å². The van der Waals surface area contributed by atoms with Crippen molar-refractivity contribution >= 4 is 23.5 Å². The Morgan fingerprint density at radius 2 is 1.90 bits per heavy atom. The molecule has 2 aromatic rings. The molecule has 0 radical (unpaired) electrons. The maximum atomic E-state index is 13.1. The van der Waals surface area contributed by atoms with Crippen LogP contribution in [0.25, 0.3) is 0 Å². The van der Waals surface area contributed by atoms with Gasteiger partial charge in [-0.05, 0) is 45.7 Å². The molecule has 7 heteroatoms. The van der Waals surface area contributed by atoms with E-state index in [9.17, 15) is 4.79 Å². The van der Waals surface area contributed by atoms with Gasteiger partial charge in [0.25, 0.3) is 0 Å². The number of anilines is 3. The summed E-state index contributed by atoms with van der Waals surface area (Å²) in [6.07, 6.45) is 4.01. The van der Waals surface area contributed by atoms with Crippen molar-refractivity contribution in [3.8, 4) is 0 Å². The third kappa shape index (κ3) is 4.05. The minimum absolute atomic E-state index is 0.0407. The summed E-state index contributed by atoms with van der Waals surface area (Å²) in [5.41, 5.74) is 1.79. The summed E-state index contributed by atoms with van der Waals surface area (Å²) < 4.78 is 0. The van der Waals surface area contributed by atoms with Gasteiger partial charge in [0.2, 0.25) is 5.95 Å². The number of hydrogen-bond donors (Lipinski definition) is 1. The van der Waals surface area contributed by atoms with Crippen LogP contribution >= 0.6 is 0 Å². The first-order chi connectivity index (χ1) is 14.1. The molecule has 0 spiro atoms. The molecule has 29 heavy (non-hydrogen) atoms. The van der Waals surface area contributed by atoms with Crippen molar-refractivity contribution in [2.75, 3.05) is 29.9 Å². The number of benzene rings is 1. The molecular weight excluding hydrogens is 364 g/mol. The number of amides is 2. The lowest BCUT2D eigenvalue weighted by molar-refractivity contribution is 0.177. The van der Waals surface area contributed by atoms with Gasteiger partial charge >= 0.3 is 6.03 Å². The number of nitrogens with zero attached hydrogens (tertiary/aromatic N) is 5. The molecule has 2 aliphatic heterocycles. The van der Waals surface area contributed by atoms with Crippen LogP contribution in [0.2, 0.25) is 0 Å². The van der Waals surface area contributed by atoms with Gasteiger partial charge in [0.15, 0.2) is 5.82 Å². The van der Waals surface area contributed by atoms with Gasteiger partial charge in [0, 0.05) is 43.5 Å². The highest BCUT2D eigenvalue weighted by atomic mass is 16.2. The molecule has 2 aliphatic rings. The highest BCUT2D eigenvalue weighted by Gasteiger charge is 2.32.